The highest BCUT2D eigenvalue weighted by molar-refractivity contribution is 5.88. The Balaban J connectivity index is 2.15. The van der Waals surface area contributed by atoms with Crippen LogP contribution in [0.4, 0.5) is 0 Å². The first kappa shape index (κ1) is 10.5. The van der Waals surface area contributed by atoms with Crippen molar-refractivity contribution in [2.75, 3.05) is 6.54 Å². The Labute approximate surface area is 78.5 Å². The molecule has 1 rings (SSSR count). The Kier molecular flexibility index (Phi) is 3.27. The van der Waals surface area contributed by atoms with Gasteiger partial charge in [0, 0.05) is 6.54 Å². The van der Waals surface area contributed by atoms with Crippen LogP contribution in [-0.2, 0) is 4.79 Å². The number of amides is 1. The first-order chi connectivity index (χ1) is 6.08. The molecule has 0 aliphatic heterocycles. The summed E-state index contributed by atoms with van der Waals surface area (Å²) in [5, 5.41) is 12.0. The molecule has 13 heavy (non-hydrogen) atoms. The molecule has 4 heteroatoms. The molecule has 4 N–H and O–H groups in total. The van der Waals surface area contributed by atoms with Gasteiger partial charge in [-0.15, -0.1) is 0 Å². The van der Waals surface area contributed by atoms with E-state index in [1.54, 1.807) is 0 Å². The van der Waals surface area contributed by atoms with Crippen molar-refractivity contribution in [3.63, 3.8) is 0 Å². The van der Waals surface area contributed by atoms with Gasteiger partial charge < -0.3 is 16.2 Å². The molecule has 1 fully saturated rings. The number of nitrogens with two attached hydrogens (primary N) is 1. The van der Waals surface area contributed by atoms with Gasteiger partial charge in [0.15, 0.2) is 0 Å². The van der Waals surface area contributed by atoms with Gasteiger partial charge in [-0.25, -0.2) is 0 Å². The molecule has 0 heterocycles. The van der Waals surface area contributed by atoms with Gasteiger partial charge in [-0.3, -0.25) is 4.79 Å². The lowest BCUT2D eigenvalue weighted by atomic mass is 10.2. The third kappa shape index (κ3) is 2.97. The van der Waals surface area contributed by atoms with E-state index in [0.29, 0.717) is 6.54 Å². The molecular weight excluding hydrogens is 168 g/mol. The summed E-state index contributed by atoms with van der Waals surface area (Å²) in [5.74, 6) is -0.123. The highest BCUT2D eigenvalue weighted by Crippen LogP contribution is 2.31. The van der Waals surface area contributed by atoms with E-state index in [9.17, 15) is 9.90 Å². The van der Waals surface area contributed by atoms with Gasteiger partial charge in [0.2, 0.25) is 5.91 Å². The minimum Gasteiger partial charge on any atom is -0.391 e. The van der Waals surface area contributed by atoms with Crippen LogP contribution >= 0.6 is 0 Å². The topological polar surface area (TPSA) is 75.3 Å². The number of hydrogen-bond donors (Lipinski definition) is 3. The van der Waals surface area contributed by atoms with E-state index >= 15 is 0 Å². The molecular formula is C9H18N2O2. The highest BCUT2D eigenvalue weighted by Gasteiger charge is 2.45. The Morgan fingerprint density at radius 1 is 1.69 bits per heavy atom. The molecule has 0 radical (unpaired) electrons. The van der Waals surface area contributed by atoms with Crippen molar-refractivity contribution in [2.45, 2.75) is 44.2 Å². The lowest BCUT2D eigenvalue weighted by Crippen LogP contribution is -2.45. The second kappa shape index (κ2) is 4.07. The van der Waals surface area contributed by atoms with E-state index in [0.717, 1.165) is 25.7 Å². The summed E-state index contributed by atoms with van der Waals surface area (Å²) in [6.45, 7) is 2.32. The summed E-state index contributed by atoms with van der Waals surface area (Å²) in [6, 6.07) is 0. The predicted octanol–water partition coefficient (Wildman–Crippen LogP) is -0.245. The van der Waals surface area contributed by atoms with E-state index in [1.165, 1.54) is 0 Å². The van der Waals surface area contributed by atoms with Crippen LogP contribution in [0.1, 0.15) is 32.6 Å². The monoisotopic (exact) mass is 186 g/mol. The van der Waals surface area contributed by atoms with Crippen molar-refractivity contribution >= 4 is 5.91 Å². The maximum atomic E-state index is 11.3. The summed E-state index contributed by atoms with van der Waals surface area (Å²) < 4.78 is 0. The molecule has 1 unspecified atom stereocenters. The van der Waals surface area contributed by atoms with E-state index in [1.807, 2.05) is 6.92 Å². The molecule has 76 valence electrons. The molecule has 1 aliphatic carbocycles. The standard InChI is InChI=1S/C9H18N2O2/c1-2-3-7(12)6-11-8(13)9(10)4-5-9/h7,12H,2-6,10H2,1H3,(H,11,13). The number of carbonyl (C=O) groups excluding carboxylic acids is 1. The number of aliphatic hydroxyl groups excluding tert-OH is 1. The third-order valence-electron chi connectivity index (χ3n) is 2.36. The number of rotatable bonds is 5. The fraction of sp³-hybridized carbons (Fsp3) is 0.889. The maximum Gasteiger partial charge on any atom is 0.240 e. The Bertz CT molecular complexity index is 190. The lowest BCUT2D eigenvalue weighted by Gasteiger charge is -2.13. The summed E-state index contributed by atoms with van der Waals surface area (Å²) in [6.07, 6.45) is 2.74. The molecule has 0 aromatic rings. The second-order valence-corrected chi connectivity index (χ2v) is 3.81. The number of carbonyl (C=O) groups is 1. The highest BCUT2D eigenvalue weighted by atomic mass is 16.3. The molecule has 1 amide bonds. The minimum absolute atomic E-state index is 0.123. The number of hydrogen-bond acceptors (Lipinski definition) is 3. The van der Waals surface area contributed by atoms with Crippen LogP contribution in [0.15, 0.2) is 0 Å². The van der Waals surface area contributed by atoms with E-state index in [4.69, 9.17) is 5.73 Å². The Hall–Kier alpha value is -0.610. The molecule has 0 saturated heterocycles. The van der Waals surface area contributed by atoms with Crippen molar-refractivity contribution in [1.82, 2.24) is 5.32 Å². The maximum absolute atomic E-state index is 11.3. The first-order valence-electron chi connectivity index (χ1n) is 4.84. The van der Waals surface area contributed by atoms with Gasteiger partial charge in [-0.1, -0.05) is 13.3 Å². The van der Waals surface area contributed by atoms with Gasteiger partial charge in [0.05, 0.1) is 11.6 Å². The summed E-state index contributed by atoms with van der Waals surface area (Å²) in [4.78, 5) is 11.3. The summed E-state index contributed by atoms with van der Waals surface area (Å²) in [5.41, 5.74) is 5.04. The van der Waals surface area contributed by atoms with Crippen molar-refractivity contribution in [3.8, 4) is 0 Å². The van der Waals surface area contributed by atoms with Crippen molar-refractivity contribution in [3.05, 3.63) is 0 Å². The number of nitrogens with one attached hydrogen (secondary N) is 1. The van der Waals surface area contributed by atoms with E-state index in [-0.39, 0.29) is 5.91 Å². The average Bonchev–Trinajstić information content (AvgIpc) is 2.81. The van der Waals surface area contributed by atoms with Crippen LogP contribution in [0.3, 0.4) is 0 Å². The van der Waals surface area contributed by atoms with Crippen LogP contribution in [-0.4, -0.2) is 29.2 Å². The molecule has 4 nitrogen and oxygen atoms in total. The van der Waals surface area contributed by atoms with Crippen LogP contribution in [0.25, 0.3) is 0 Å². The average molecular weight is 186 g/mol. The molecule has 0 spiro atoms. The van der Waals surface area contributed by atoms with Crippen LogP contribution in [0.2, 0.25) is 0 Å². The predicted molar refractivity (Wildman–Crippen MR) is 50.1 cm³/mol. The largest absolute Gasteiger partial charge is 0.391 e. The van der Waals surface area contributed by atoms with Crippen molar-refractivity contribution < 1.29 is 9.90 Å². The fourth-order valence-electron chi connectivity index (χ4n) is 1.18. The van der Waals surface area contributed by atoms with Crippen LogP contribution in [0, 0.1) is 0 Å². The van der Waals surface area contributed by atoms with Gasteiger partial charge in [-0.2, -0.15) is 0 Å². The molecule has 0 aromatic heterocycles. The van der Waals surface area contributed by atoms with Crippen LogP contribution < -0.4 is 11.1 Å². The number of aliphatic hydroxyl groups is 1. The summed E-state index contributed by atoms with van der Waals surface area (Å²) in [7, 11) is 0. The zero-order chi connectivity index (χ0) is 9.90. The zero-order valence-corrected chi connectivity index (χ0v) is 8.05. The molecule has 0 aromatic carbocycles. The SMILES string of the molecule is CCCC(O)CNC(=O)C1(N)CC1. The van der Waals surface area contributed by atoms with Gasteiger partial charge in [0.25, 0.3) is 0 Å². The normalized spacial score (nSPS) is 20.8. The minimum atomic E-state index is -0.619. The zero-order valence-electron chi connectivity index (χ0n) is 8.05. The third-order valence-corrected chi connectivity index (χ3v) is 2.36. The van der Waals surface area contributed by atoms with E-state index in [2.05, 4.69) is 5.32 Å². The molecule has 1 atom stereocenters. The van der Waals surface area contributed by atoms with Crippen LogP contribution in [0.5, 0.6) is 0 Å². The quantitative estimate of drug-likeness (QED) is 0.554. The molecule has 0 bridgehead atoms. The van der Waals surface area contributed by atoms with Gasteiger partial charge >= 0.3 is 0 Å². The van der Waals surface area contributed by atoms with Gasteiger partial charge in [0.1, 0.15) is 0 Å². The van der Waals surface area contributed by atoms with Gasteiger partial charge in [-0.05, 0) is 19.3 Å². The van der Waals surface area contributed by atoms with Crippen molar-refractivity contribution in [1.29, 1.82) is 0 Å². The Morgan fingerprint density at radius 2 is 2.31 bits per heavy atom. The Morgan fingerprint density at radius 3 is 2.77 bits per heavy atom. The second-order valence-electron chi connectivity index (χ2n) is 3.81. The fourth-order valence-corrected chi connectivity index (χ4v) is 1.18. The van der Waals surface area contributed by atoms with E-state index < -0.39 is 11.6 Å². The smallest absolute Gasteiger partial charge is 0.240 e. The molecule has 1 saturated carbocycles. The lowest BCUT2D eigenvalue weighted by molar-refractivity contribution is -0.123. The summed E-state index contributed by atoms with van der Waals surface area (Å²) >= 11 is 0. The molecule has 1 aliphatic rings. The van der Waals surface area contributed by atoms with Crippen molar-refractivity contribution in [2.24, 2.45) is 5.73 Å². The first-order valence-corrected chi connectivity index (χ1v) is 4.84.